The van der Waals surface area contributed by atoms with Gasteiger partial charge in [-0.15, -0.1) is 0 Å². The molecular weight excluding hydrogens is 289 g/mol. The summed E-state index contributed by atoms with van der Waals surface area (Å²) in [6, 6.07) is 0. The Labute approximate surface area is 130 Å². The van der Waals surface area contributed by atoms with Gasteiger partial charge in [0.1, 0.15) is 0 Å². The first kappa shape index (κ1) is 21.1. The van der Waals surface area contributed by atoms with Gasteiger partial charge < -0.3 is 9.38 Å². The van der Waals surface area contributed by atoms with E-state index < -0.39 is 7.82 Å². The van der Waals surface area contributed by atoms with E-state index in [4.69, 9.17) is 9.05 Å². The van der Waals surface area contributed by atoms with Crippen LogP contribution in [0.5, 0.6) is 0 Å². The number of hydrogen-bond acceptors (Lipinski definition) is 3. The average molecular weight is 324 g/mol. The van der Waals surface area contributed by atoms with Gasteiger partial charge in [0.25, 0.3) is 0 Å². The minimum absolute atomic E-state index is 0.187. The van der Waals surface area contributed by atoms with Gasteiger partial charge in [0, 0.05) is 0 Å². The lowest BCUT2D eigenvalue weighted by atomic mass is 10.2. The van der Waals surface area contributed by atoms with Gasteiger partial charge in [-0.2, -0.15) is 0 Å². The Kier molecular flexibility index (Phi) is 11.7. The number of phosphoric acid groups is 1. The molecule has 0 aliphatic carbocycles. The summed E-state index contributed by atoms with van der Waals surface area (Å²) in [7, 11) is -3.90. The van der Waals surface area contributed by atoms with E-state index in [1.54, 1.807) is 6.92 Å². The van der Waals surface area contributed by atoms with Crippen LogP contribution in [-0.2, 0) is 13.6 Å². The first-order chi connectivity index (χ1) is 9.95. The predicted octanol–water partition coefficient (Wildman–Crippen LogP) is 4.31. The van der Waals surface area contributed by atoms with Crippen molar-refractivity contribution in [1.82, 2.24) is 0 Å². The summed E-state index contributed by atoms with van der Waals surface area (Å²) in [5.74, 6) is 0. The molecule has 0 aromatic heterocycles. The predicted molar refractivity (Wildman–Crippen MR) is 87.0 cm³/mol. The zero-order valence-corrected chi connectivity index (χ0v) is 15.2. The minimum Gasteiger partial charge on any atom is -0.302 e. The summed E-state index contributed by atoms with van der Waals surface area (Å²) < 4.78 is 22.7. The highest BCUT2D eigenvalue weighted by atomic mass is 31.2. The Morgan fingerprint density at radius 1 is 0.857 bits per heavy atom. The topological polar surface area (TPSA) is 55.8 Å². The van der Waals surface area contributed by atoms with Crippen molar-refractivity contribution < 1.29 is 23.0 Å². The summed E-state index contributed by atoms with van der Waals surface area (Å²) in [4.78, 5) is 9.66. The van der Waals surface area contributed by atoms with Crippen LogP contribution in [0.4, 0.5) is 0 Å². The molecular formula is C15H35NO4P+. The second kappa shape index (κ2) is 11.6. The molecule has 0 heterocycles. The number of phosphoric ester groups is 1. The van der Waals surface area contributed by atoms with Gasteiger partial charge in [-0.3, -0.25) is 4.52 Å². The van der Waals surface area contributed by atoms with Crippen molar-refractivity contribution in [3.8, 4) is 0 Å². The molecule has 0 bridgehead atoms. The second-order valence-corrected chi connectivity index (χ2v) is 7.17. The van der Waals surface area contributed by atoms with E-state index in [0.29, 0.717) is 0 Å². The molecule has 0 saturated carbocycles. The fourth-order valence-electron chi connectivity index (χ4n) is 2.41. The molecule has 1 N–H and O–H groups in total. The third-order valence-electron chi connectivity index (χ3n) is 3.75. The fourth-order valence-corrected chi connectivity index (χ4v) is 3.20. The van der Waals surface area contributed by atoms with Crippen LogP contribution in [0.15, 0.2) is 0 Å². The molecule has 0 aromatic rings. The standard InChI is InChI=1S/C15H34NO4P/c1-5-9-12-16(13-10-6-2,14-11-7-3)15-20-21(17,18)19-8-4/h5-15H2,1-4H3/p+1. The monoisotopic (exact) mass is 324 g/mol. The zero-order chi connectivity index (χ0) is 16.2. The molecule has 0 aliphatic rings. The van der Waals surface area contributed by atoms with Crippen LogP contribution in [0.2, 0.25) is 0 Å². The molecule has 1 unspecified atom stereocenters. The first-order valence-corrected chi connectivity index (χ1v) is 9.91. The average Bonchev–Trinajstić information content (AvgIpc) is 2.46. The lowest BCUT2D eigenvalue weighted by Gasteiger charge is -2.38. The van der Waals surface area contributed by atoms with Crippen LogP contribution in [0, 0.1) is 0 Å². The molecule has 0 aromatic carbocycles. The number of quaternary nitrogens is 1. The molecule has 1 atom stereocenters. The number of unbranched alkanes of at least 4 members (excludes halogenated alkanes) is 3. The Balaban J connectivity index is 4.81. The highest BCUT2D eigenvalue weighted by Gasteiger charge is 2.31. The molecule has 0 rings (SSSR count). The maximum Gasteiger partial charge on any atom is 0.476 e. The van der Waals surface area contributed by atoms with Gasteiger partial charge in [-0.05, 0) is 26.2 Å². The summed E-state index contributed by atoms with van der Waals surface area (Å²) in [5, 5.41) is 0. The summed E-state index contributed by atoms with van der Waals surface area (Å²) in [6.45, 7) is 11.7. The van der Waals surface area contributed by atoms with E-state index in [9.17, 15) is 9.46 Å². The van der Waals surface area contributed by atoms with Gasteiger partial charge in [0.15, 0.2) is 6.73 Å². The third kappa shape index (κ3) is 9.64. The lowest BCUT2D eigenvalue weighted by molar-refractivity contribution is -0.943. The fraction of sp³-hybridized carbons (Fsp3) is 1.00. The highest BCUT2D eigenvalue weighted by Crippen LogP contribution is 2.43. The van der Waals surface area contributed by atoms with Crippen LogP contribution < -0.4 is 0 Å². The van der Waals surface area contributed by atoms with Crippen molar-refractivity contribution in [2.24, 2.45) is 0 Å². The van der Waals surface area contributed by atoms with Crippen molar-refractivity contribution >= 4 is 7.82 Å². The second-order valence-electron chi connectivity index (χ2n) is 5.72. The third-order valence-corrected chi connectivity index (χ3v) is 4.77. The van der Waals surface area contributed by atoms with Gasteiger partial charge in [-0.25, -0.2) is 9.09 Å². The summed E-state index contributed by atoms with van der Waals surface area (Å²) >= 11 is 0. The van der Waals surface area contributed by atoms with E-state index in [0.717, 1.165) is 62.6 Å². The van der Waals surface area contributed by atoms with Gasteiger partial charge >= 0.3 is 7.82 Å². The van der Waals surface area contributed by atoms with Crippen LogP contribution in [-0.4, -0.2) is 42.3 Å². The smallest absolute Gasteiger partial charge is 0.302 e. The molecule has 5 nitrogen and oxygen atoms in total. The maximum absolute atomic E-state index is 11.8. The number of rotatable bonds is 14. The number of nitrogens with zero attached hydrogens (tertiary/aromatic N) is 1. The largest absolute Gasteiger partial charge is 0.476 e. The Bertz CT molecular complexity index is 278. The van der Waals surface area contributed by atoms with Crippen LogP contribution in [0.25, 0.3) is 0 Å². The quantitative estimate of drug-likeness (QED) is 0.294. The highest BCUT2D eigenvalue weighted by molar-refractivity contribution is 7.47. The molecule has 0 aliphatic heterocycles. The lowest BCUT2D eigenvalue weighted by Crippen LogP contribution is -2.51. The molecule has 128 valence electrons. The Morgan fingerprint density at radius 3 is 1.62 bits per heavy atom. The van der Waals surface area contributed by atoms with Crippen LogP contribution in [0.1, 0.15) is 66.2 Å². The van der Waals surface area contributed by atoms with Crippen molar-refractivity contribution in [3.05, 3.63) is 0 Å². The van der Waals surface area contributed by atoms with Gasteiger partial charge in [0.2, 0.25) is 0 Å². The SMILES string of the molecule is CCCC[N+](CCCC)(CCCC)COP(=O)(O)OCC. The maximum atomic E-state index is 11.8. The molecule has 0 spiro atoms. The van der Waals surface area contributed by atoms with E-state index in [1.807, 2.05) is 0 Å². The summed E-state index contributed by atoms with van der Waals surface area (Å²) in [6.07, 6.45) is 6.71. The minimum atomic E-state index is -3.90. The van der Waals surface area contributed by atoms with Crippen LogP contribution in [0.3, 0.4) is 0 Å². The molecule has 0 saturated heterocycles. The zero-order valence-electron chi connectivity index (χ0n) is 14.3. The normalized spacial score (nSPS) is 15.1. The summed E-state index contributed by atoms with van der Waals surface area (Å²) in [5.41, 5.74) is 0. The molecule has 0 fully saturated rings. The van der Waals surface area contributed by atoms with Crippen molar-refractivity contribution in [3.63, 3.8) is 0 Å². The van der Waals surface area contributed by atoms with Crippen molar-refractivity contribution in [1.29, 1.82) is 0 Å². The molecule has 0 radical (unpaired) electrons. The molecule has 0 amide bonds. The van der Waals surface area contributed by atoms with E-state index in [2.05, 4.69) is 20.8 Å². The first-order valence-electron chi connectivity index (χ1n) is 8.42. The Hall–Kier alpha value is 0.0700. The van der Waals surface area contributed by atoms with Gasteiger partial charge in [0.05, 0.1) is 26.2 Å². The Morgan fingerprint density at radius 2 is 1.29 bits per heavy atom. The van der Waals surface area contributed by atoms with Crippen molar-refractivity contribution in [2.75, 3.05) is 33.0 Å². The molecule has 6 heteroatoms. The van der Waals surface area contributed by atoms with E-state index >= 15 is 0 Å². The van der Waals surface area contributed by atoms with Crippen LogP contribution >= 0.6 is 7.82 Å². The van der Waals surface area contributed by atoms with E-state index in [-0.39, 0.29) is 13.3 Å². The number of hydrogen-bond donors (Lipinski definition) is 1. The van der Waals surface area contributed by atoms with E-state index in [1.165, 1.54) is 0 Å². The van der Waals surface area contributed by atoms with Crippen molar-refractivity contribution in [2.45, 2.75) is 66.2 Å². The molecule has 21 heavy (non-hydrogen) atoms. The van der Waals surface area contributed by atoms with Gasteiger partial charge in [-0.1, -0.05) is 40.0 Å².